The van der Waals surface area contributed by atoms with Crippen molar-refractivity contribution >= 4 is 17.8 Å². The summed E-state index contributed by atoms with van der Waals surface area (Å²) in [6.07, 6.45) is 2.38. The number of methoxy groups -OCH3 is 1. The first-order chi connectivity index (χ1) is 11.4. The molecule has 7 nitrogen and oxygen atoms in total. The topological polar surface area (TPSA) is 87.2 Å². The molecule has 2 unspecified atom stereocenters. The van der Waals surface area contributed by atoms with E-state index < -0.39 is 5.97 Å². The minimum Gasteiger partial charge on any atom is -0.481 e. The van der Waals surface area contributed by atoms with Crippen molar-refractivity contribution in [3.8, 4) is 0 Å². The highest BCUT2D eigenvalue weighted by atomic mass is 16.5. The molecule has 0 saturated carbocycles. The fourth-order valence-electron chi connectivity index (χ4n) is 3.16. The lowest BCUT2D eigenvalue weighted by Crippen LogP contribution is -2.38. The van der Waals surface area contributed by atoms with Crippen LogP contribution < -0.4 is 0 Å². The van der Waals surface area contributed by atoms with Crippen LogP contribution in [0.15, 0.2) is 0 Å². The van der Waals surface area contributed by atoms with E-state index in [0.29, 0.717) is 26.1 Å². The van der Waals surface area contributed by atoms with Crippen molar-refractivity contribution in [1.82, 2.24) is 9.80 Å². The zero-order chi connectivity index (χ0) is 18.1. The lowest BCUT2D eigenvalue weighted by Gasteiger charge is -2.25. The molecule has 1 saturated heterocycles. The number of nitrogens with zero attached hydrogens (tertiary/aromatic N) is 2. The van der Waals surface area contributed by atoms with Crippen LogP contribution >= 0.6 is 0 Å². The van der Waals surface area contributed by atoms with Gasteiger partial charge in [-0.05, 0) is 19.3 Å². The number of rotatable bonds is 10. The maximum absolute atomic E-state index is 12.4. The number of ether oxygens (including phenoxy) is 1. The Balaban J connectivity index is 2.58. The molecule has 0 aromatic heterocycles. The number of likely N-dealkylation sites (tertiary alicyclic amines) is 1. The van der Waals surface area contributed by atoms with E-state index in [4.69, 9.17) is 9.84 Å². The fraction of sp³-hybridized carbons (Fsp3) is 0.824. The predicted molar refractivity (Wildman–Crippen MR) is 89.6 cm³/mol. The molecule has 24 heavy (non-hydrogen) atoms. The Morgan fingerprint density at radius 1 is 1.17 bits per heavy atom. The van der Waals surface area contributed by atoms with E-state index in [2.05, 4.69) is 0 Å². The van der Waals surface area contributed by atoms with Crippen molar-refractivity contribution in [2.45, 2.75) is 64.5 Å². The third-order valence-corrected chi connectivity index (χ3v) is 4.33. The van der Waals surface area contributed by atoms with Gasteiger partial charge in [0, 0.05) is 45.6 Å². The Kier molecular flexibility index (Phi) is 8.74. The summed E-state index contributed by atoms with van der Waals surface area (Å²) in [4.78, 5) is 39.0. The molecule has 2 amide bonds. The molecule has 2 atom stereocenters. The highest BCUT2D eigenvalue weighted by Crippen LogP contribution is 2.24. The summed E-state index contributed by atoms with van der Waals surface area (Å²) in [5.41, 5.74) is 0. The summed E-state index contributed by atoms with van der Waals surface area (Å²) in [6.45, 7) is 5.85. The van der Waals surface area contributed by atoms with Gasteiger partial charge in [0.2, 0.25) is 11.8 Å². The molecule has 7 heteroatoms. The van der Waals surface area contributed by atoms with E-state index in [1.54, 1.807) is 16.9 Å². The molecular formula is C17H30N2O5. The third kappa shape index (κ3) is 6.11. The van der Waals surface area contributed by atoms with Crippen LogP contribution in [0.25, 0.3) is 0 Å². The van der Waals surface area contributed by atoms with Crippen LogP contribution in [0.3, 0.4) is 0 Å². The Bertz CT molecular complexity index is 435. The summed E-state index contributed by atoms with van der Waals surface area (Å²) >= 11 is 0. The largest absolute Gasteiger partial charge is 0.481 e. The van der Waals surface area contributed by atoms with Gasteiger partial charge in [-0.1, -0.05) is 13.8 Å². The highest BCUT2D eigenvalue weighted by Gasteiger charge is 2.36. The summed E-state index contributed by atoms with van der Waals surface area (Å²) in [6, 6.07) is -0.350. The molecule has 0 aromatic carbocycles. The SMILES string of the molecule is CCCN(CCC)C(=O)CCC(=O)N1CC(OC)CC1CC(=O)O. The summed E-state index contributed by atoms with van der Waals surface area (Å²) < 4.78 is 5.27. The lowest BCUT2D eigenvalue weighted by molar-refractivity contribution is -0.141. The number of carboxylic acids is 1. The van der Waals surface area contributed by atoms with Crippen LogP contribution in [0.5, 0.6) is 0 Å². The van der Waals surface area contributed by atoms with Gasteiger partial charge < -0.3 is 19.6 Å². The average Bonchev–Trinajstić information content (AvgIpc) is 2.94. The molecule has 138 valence electrons. The first-order valence-electron chi connectivity index (χ1n) is 8.74. The normalized spacial score (nSPS) is 20.2. The maximum Gasteiger partial charge on any atom is 0.305 e. The van der Waals surface area contributed by atoms with Gasteiger partial charge in [-0.3, -0.25) is 14.4 Å². The number of carbonyl (C=O) groups excluding carboxylic acids is 2. The molecule has 0 aliphatic carbocycles. The van der Waals surface area contributed by atoms with Crippen LogP contribution in [-0.4, -0.2) is 71.6 Å². The summed E-state index contributed by atoms with van der Waals surface area (Å²) in [7, 11) is 1.56. The Morgan fingerprint density at radius 3 is 2.29 bits per heavy atom. The minimum absolute atomic E-state index is 0.00989. The Hall–Kier alpha value is -1.63. The Morgan fingerprint density at radius 2 is 1.79 bits per heavy atom. The highest BCUT2D eigenvalue weighted by molar-refractivity contribution is 5.84. The summed E-state index contributed by atoms with van der Waals surface area (Å²) in [5.74, 6) is -1.10. The average molecular weight is 342 g/mol. The van der Waals surface area contributed by atoms with Gasteiger partial charge in [-0.15, -0.1) is 0 Å². The van der Waals surface area contributed by atoms with Crippen LogP contribution in [0.4, 0.5) is 0 Å². The lowest BCUT2D eigenvalue weighted by atomic mass is 10.1. The number of amides is 2. The van der Waals surface area contributed by atoms with Crippen LogP contribution in [0, 0.1) is 0 Å². The van der Waals surface area contributed by atoms with Crippen molar-refractivity contribution in [3.05, 3.63) is 0 Å². The van der Waals surface area contributed by atoms with E-state index in [-0.39, 0.29) is 43.2 Å². The first-order valence-corrected chi connectivity index (χ1v) is 8.74. The maximum atomic E-state index is 12.4. The second-order valence-electron chi connectivity index (χ2n) is 6.27. The molecule has 1 rings (SSSR count). The van der Waals surface area contributed by atoms with Gasteiger partial charge >= 0.3 is 5.97 Å². The van der Waals surface area contributed by atoms with Crippen molar-refractivity contribution < 1.29 is 24.2 Å². The standard InChI is InChI=1S/C17H30N2O5/c1-4-8-18(9-5-2)15(20)6-7-16(21)19-12-14(24-3)10-13(19)11-17(22)23/h13-14H,4-12H2,1-3H3,(H,22,23). The molecule has 0 bridgehead atoms. The van der Waals surface area contributed by atoms with Crippen molar-refractivity contribution in [2.75, 3.05) is 26.7 Å². The van der Waals surface area contributed by atoms with Gasteiger partial charge in [0.05, 0.1) is 12.5 Å². The van der Waals surface area contributed by atoms with Gasteiger partial charge in [-0.2, -0.15) is 0 Å². The van der Waals surface area contributed by atoms with Gasteiger partial charge in [0.25, 0.3) is 0 Å². The monoisotopic (exact) mass is 342 g/mol. The summed E-state index contributed by atoms with van der Waals surface area (Å²) in [5, 5.41) is 9.00. The zero-order valence-electron chi connectivity index (χ0n) is 15.0. The molecule has 1 heterocycles. The molecule has 0 aromatic rings. The molecule has 1 aliphatic rings. The fourth-order valence-corrected chi connectivity index (χ4v) is 3.16. The van der Waals surface area contributed by atoms with E-state index in [1.807, 2.05) is 13.8 Å². The quantitative estimate of drug-likeness (QED) is 0.650. The van der Waals surface area contributed by atoms with E-state index in [9.17, 15) is 14.4 Å². The van der Waals surface area contributed by atoms with E-state index in [1.165, 1.54) is 0 Å². The third-order valence-electron chi connectivity index (χ3n) is 4.33. The number of hydrogen-bond acceptors (Lipinski definition) is 4. The van der Waals surface area contributed by atoms with Crippen LogP contribution in [0.1, 0.15) is 52.4 Å². The predicted octanol–water partition coefficient (Wildman–Crippen LogP) is 1.51. The first kappa shape index (κ1) is 20.4. The van der Waals surface area contributed by atoms with E-state index >= 15 is 0 Å². The van der Waals surface area contributed by atoms with Crippen LogP contribution in [-0.2, 0) is 19.1 Å². The number of hydrogen-bond donors (Lipinski definition) is 1. The molecule has 0 radical (unpaired) electrons. The smallest absolute Gasteiger partial charge is 0.305 e. The van der Waals surface area contributed by atoms with Crippen molar-refractivity contribution in [2.24, 2.45) is 0 Å². The van der Waals surface area contributed by atoms with Gasteiger partial charge in [0.1, 0.15) is 0 Å². The molecule has 0 spiro atoms. The van der Waals surface area contributed by atoms with Gasteiger partial charge in [0.15, 0.2) is 0 Å². The number of carbonyl (C=O) groups is 3. The molecule has 1 N–H and O–H groups in total. The Labute approximate surface area is 143 Å². The molecule has 1 aliphatic heterocycles. The van der Waals surface area contributed by atoms with E-state index in [0.717, 1.165) is 12.8 Å². The van der Waals surface area contributed by atoms with Crippen LogP contribution in [0.2, 0.25) is 0 Å². The van der Waals surface area contributed by atoms with Crippen molar-refractivity contribution in [3.63, 3.8) is 0 Å². The molecular weight excluding hydrogens is 312 g/mol. The second-order valence-corrected chi connectivity index (χ2v) is 6.27. The molecule has 1 fully saturated rings. The number of aliphatic carboxylic acids is 1. The van der Waals surface area contributed by atoms with Crippen molar-refractivity contribution in [1.29, 1.82) is 0 Å². The van der Waals surface area contributed by atoms with Gasteiger partial charge in [-0.25, -0.2) is 0 Å². The zero-order valence-corrected chi connectivity index (χ0v) is 15.0. The second kappa shape index (κ2) is 10.3. The minimum atomic E-state index is -0.928. The number of carboxylic acid groups (broad SMARTS) is 1.